The highest BCUT2D eigenvalue weighted by atomic mass is 15.3. The van der Waals surface area contributed by atoms with Gasteiger partial charge in [0.25, 0.3) is 0 Å². The van der Waals surface area contributed by atoms with Crippen LogP contribution < -0.4 is 0 Å². The van der Waals surface area contributed by atoms with Gasteiger partial charge in [0.2, 0.25) is 0 Å². The van der Waals surface area contributed by atoms with Crippen molar-refractivity contribution >= 4 is 13.5 Å². The highest BCUT2D eigenvalue weighted by Crippen LogP contribution is 2.33. The molecule has 2 aliphatic heterocycles. The SMILES string of the molecule is BC1=NC2=C(N(C)CC=C2)N(C)C1C(C)(C)C. The normalized spacial score (nSPS) is 25.0. The van der Waals surface area contributed by atoms with Crippen LogP contribution in [0.3, 0.4) is 0 Å². The van der Waals surface area contributed by atoms with Crippen molar-refractivity contribution in [1.29, 1.82) is 0 Å². The summed E-state index contributed by atoms with van der Waals surface area (Å²) in [5.74, 6) is 1.25. The monoisotopic (exact) mass is 231 g/mol. The van der Waals surface area contributed by atoms with Crippen molar-refractivity contribution in [2.75, 3.05) is 20.6 Å². The summed E-state index contributed by atoms with van der Waals surface area (Å²) < 4.78 is 0. The van der Waals surface area contributed by atoms with E-state index in [0.717, 1.165) is 12.2 Å². The summed E-state index contributed by atoms with van der Waals surface area (Å²) in [5, 5.41) is 0. The lowest BCUT2D eigenvalue weighted by Gasteiger charge is -2.46. The number of nitrogens with zero attached hydrogens (tertiary/aromatic N) is 3. The maximum atomic E-state index is 4.78. The molecule has 0 saturated carbocycles. The van der Waals surface area contributed by atoms with Crippen molar-refractivity contribution in [3.8, 4) is 0 Å². The molecule has 0 aromatic carbocycles. The topological polar surface area (TPSA) is 18.8 Å². The molecule has 2 heterocycles. The highest BCUT2D eigenvalue weighted by Gasteiger charge is 2.36. The van der Waals surface area contributed by atoms with Crippen LogP contribution in [0.5, 0.6) is 0 Å². The molecule has 17 heavy (non-hydrogen) atoms. The van der Waals surface area contributed by atoms with Crippen molar-refractivity contribution in [1.82, 2.24) is 9.80 Å². The van der Waals surface area contributed by atoms with E-state index < -0.39 is 0 Å². The van der Waals surface area contributed by atoms with Crippen LogP contribution in [-0.2, 0) is 0 Å². The largest absolute Gasteiger partial charge is 0.356 e. The Morgan fingerprint density at radius 1 is 1.35 bits per heavy atom. The summed E-state index contributed by atoms with van der Waals surface area (Å²) in [4.78, 5) is 9.42. The molecule has 0 bridgehead atoms. The van der Waals surface area contributed by atoms with Gasteiger partial charge in [0.1, 0.15) is 11.5 Å². The van der Waals surface area contributed by atoms with Crippen molar-refractivity contribution in [3.05, 3.63) is 23.7 Å². The van der Waals surface area contributed by atoms with Gasteiger partial charge in [-0.05, 0) is 17.1 Å². The second kappa shape index (κ2) is 3.93. The number of aliphatic imine (C=N–C) groups is 1. The Balaban J connectivity index is 2.46. The third-order valence-electron chi connectivity index (χ3n) is 3.48. The van der Waals surface area contributed by atoms with E-state index >= 15 is 0 Å². The number of allylic oxidation sites excluding steroid dienone is 1. The van der Waals surface area contributed by atoms with Crippen molar-refractivity contribution in [2.24, 2.45) is 10.4 Å². The average molecular weight is 231 g/mol. The molecule has 2 aliphatic rings. The van der Waals surface area contributed by atoms with E-state index in [1.807, 2.05) is 0 Å². The van der Waals surface area contributed by atoms with E-state index in [0.29, 0.717) is 6.04 Å². The van der Waals surface area contributed by atoms with Crippen LogP contribution in [0.15, 0.2) is 28.7 Å². The predicted octanol–water partition coefficient (Wildman–Crippen LogP) is 1.05. The highest BCUT2D eigenvalue weighted by molar-refractivity contribution is 6.61. The van der Waals surface area contributed by atoms with Gasteiger partial charge < -0.3 is 9.80 Å². The van der Waals surface area contributed by atoms with Gasteiger partial charge in [0, 0.05) is 20.6 Å². The molecule has 0 N–H and O–H groups in total. The van der Waals surface area contributed by atoms with Crippen LogP contribution in [-0.4, -0.2) is 49.9 Å². The molecule has 1 unspecified atom stereocenters. The van der Waals surface area contributed by atoms with Crippen LogP contribution in [0.4, 0.5) is 0 Å². The fourth-order valence-electron chi connectivity index (χ4n) is 3.08. The first kappa shape index (κ1) is 12.3. The third kappa shape index (κ3) is 2.01. The van der Waals surface area contributed by atoms with Crippen LogP contribution in [0.2, 0.25) is 0 Å². The van der Waals surface area contributed by atoms with Gasteiger partial charge in [-0.1, -0.05) is 26.8 Å². The zero-order valence-corrected chi connectivity index (χ0v) is 11.8. The fraction of sp³-hybridized carbons (Fsp3) is 0.615. The van der Waals surface area contributed by atoms with Gasteiger partial charge in [0.05, 0.1) is 6.04 Å². The Bertz CT molecular complexity index is 415. The van der Waals surface area contributed by atoms with Crippen molar-refractivity contribution < 1.29 is 0 Å². The molecule has 4 heteroatoms. The molecule has 3 nitrogen and oxygen atoms in total. The van der Waals surface area contributed by atoms with Crippen molar-refractivity contribution in [3.63, 3.8) is 0 Å². The molecule has 0 amide bonds. The Morgan fingerprint density at radius 3 is 2.59 bits per heavy atom. The van der Waals surface area contributed by atoms with E-state index in [2.05, 4.69) is 64.7 Å². The van der Waals surface area contributed by atoms with Gasteiger partial charge in [0.15, 0.2) is 7.85 Å². The van der Waals surface area contributed by atoms with E-state index in [9.17, 15) is 0 Å². The molecular formula is C13H22BN3. The Kier molecular flexibility index (Phi) is 2.84. The quantitative estimate of drug-likeness (QED) is 0.580. The molecule has 0 aromatic heterocycles. The van der Waals surface area contributed by atoms with Crippen LogP contribution in [0, 0.1) is 5.41 Å². The fourth-order valence-corrected chi connectivity index (χ4v) is 3.08. The lowest BCUT2D eigenvalue weighted by atomic mass is 9.75. The number of hydrogen-bond acceptors (Lipinski definition) is 3. The second-order valence-corrected chi connectivity index (χ2v) is 6.12. The minimum absolute atomic E-state index is 0.197. The lowest BCUT2D eigenvalue weighted by molar-refractivity contribution is 0.168. The predicted molar refractivity (Wildman–Crippen MR) is 75.8 cm³/mol. The minimum Gasteiger partial charge on any atom is -0.356 e. The molecule has 2 rings (SSSR count). The summed E-state index contributed by atoms with van der Waals surface area (Å²) >= 11 is 0. The Labute approximate surface area is 105 Å². The maximum Gasteiger partial charge on any atom is 0.161 e. The molecular weight excluding hydrogens is 209 g/mol. The van der Waals surface area contributed by atoms with Crippen LogP contribution >= 0.6 is 0 Å². The molecule has 0 radical (unpaired) electrons. The first-order valence-electron chi connectivity index (χ1n) is 6.22. The van der Waals surface area contributed by atoms with E-state index in [1.165, 1.54) is 11.4 Å². The molecule has 92 valence electrons. The molecule has 0 saturated heterocycles. The molecule has 0 fully saturated rings. The second-order valence-electron chi connectivity index (χ2n) is 6.12. The first-order chi connectivity index (χ1) is 7.82. The summed E-state index contributed by atoms with van der Waals surface area (Å²) in [6.07, 6.45) is 4.30. The van der Waals surface area contributed by atoms with Gasteiger partial charge in [-0.3, -0.25) is 4.99 Å². The standard InChI is InChI=1S/C13H22BN3/c1-13(2,3)10-11(14)15-9-7-6-8-16(4)12(9)17(10)5/h6-7,10H,8,14H2,1-5H3. The zero-order valence-electron chi connectivity index (χ0n) is 11.8. The zero-order chi connectivity index (χ0) is 12.8. The van der Waals surface area contributed by atoms with Gasteiger partial charge in [-0.2, -0.15) is 0 Å². The summed E-state index contributed by atoms with van der Waals surface area (Å²) in [6, 6.07) is 0.371. The molecule has 1 atom stereocenters. The number of rotatable bonds is 0. The van der Waals surface area contributed by atoms with Crippen molar-refractivity contribution in [2.45, 2.75) is 26.8 Å². The van der Waals surface area contributed by atoms with E-state index in [4.69, 9.17) is 4.99 Å². The Morgan fingerprint density at radius 2 is 2.00 bits per heavy atom. The van der Waals surface area contributed by atoms with Gasteiger partial charge in [-0.25, -0.2) is 0 Å². The van der Waals surface area contributed by atoms with Crippen LogP contribution in [0.1, 0.15) is 20.8 Å². The Hall–Kier alpha value is -1.19. The average Bonchev–Trinajstić information content (AvgIpc) is 2.14. The summed E-state index contributed by atoms with van der Waals surface area (Å²) in [5.41, 5.74) is 2.50. The number of hydrogen-bond donors (Lipinski definition) is 0. The molecule has 0 spiro atoms. The first-order valence-corrected chi connectivity index (χ1v) is 6.22. The van der Waals surface area contributed by atoms with Gasteiger partial charge in [-0.15, -0.1) is 0 Å². The van der Waals surface area contributed by atoms with E-state index in [1.54, 1.807) is 0 Å². The lowest BCUT2D eigenvalue weighted by Crippen LogP contribution is -2.52. The third-order valence-corrected chi connectivity index (χ3v) is 3.48. The maximum absolute atomic E-state index is 4.78. The summed E-state index contributed by atoms with van der Waals surface area (Å²) in [6.45, 7) is 7.79. The smallest absolute Gasteiger partial charge is 0.161 e. The molecule has 0 aromatic rings. The van der Waals surface area contributed by atoms with Crippen LogP contribution in [0.25, 0.3) is 0 Å². The van der Waals surface area contributed by atoms with E-state index in [-0.39, 0.29) is 5.41 Å². The molecule has 0 aliphatic carbocycles. The van der Waals surface area contributed by atoms with Gasteiger partial charge >= 0.3 is 0 Å². The summed E-state index contributed by atoms with van der Waals surface area (Å²) in [7, 11) is 6.45. The number of likely N-dealkylation sites (N-methyl/N-ethyl adjacent to an activating group) is 1. The minimum atomic E-state index is 0.197.